The number of aliphatic hydroxyl groups excluding tert-OH is 1. The van der Waals surface area contributed by atoms with E-state index >= 15 is 0 Å². The molecule has 6 nitrogen and oxygen atoms in total. The second-order valence-electron chi connectivity index (χ2n) is 2.94. The van der Waals surface area contributed by atoms with E-state index in [-0.39, 0.29) is 25.1 Å². The number of hydrogen-bond donors (Lipinski definition) is 4. The molecule has 86 valence electrons. The van der Waals surface area contributed by atoms with E-state index in [1.165, 1.54) is 0 Å². The Balaban J connectivity index is 3.42. The second-order valence-corrected chi connectivity index (χ2v) is 2.94. The third kappa shape index (κ3) is 7.51. The monoisotopic (exact) mass is 215 g/mol. The van der Waals surface area contributed by atoms with Crippen molar-refractivity contribution in [1.29, 1.82) is 0 Å². The summed E-state index contributed by atoms with van der Waals surface area (Å²) < 4.78 is 0. The van der Waals surface area contributed by atoms with Crippen molar-refractivity contribution in [3.63, 3.8) is 0 Å². The lowest BCUT2D eigenvalue weighted by molar-refractivity contribution is -0.117. The fourth-order valence-corrected chi connectivity index (χ4v) is 0.735. The normalized spacial score (nSPS) is 9.20. The maximum Gasteiger partial charge on any atom is 0.314 e. The van der Waals surface area contributed by atoms with Crippen LogP contribution in [0.25, 0.3) is 0 Å². The van der Waals surface area contributed by atoms with Gasteiger partial charge < -0.3 is 21.1 Å². The molecule has 0 rings (SSSR count). The summed E-state index contributed by atoms with van der Waals surface area (Å²) in [6.45, 7) is 5.87. The van der Waals surface area contributed by atoms with Crippen LogP contribution in [-0.2, 0) is 4.79 Å². The molecule has 0 fully saturated rings. The van der Waals surface area contributed by atoms with Gasteiger partial charge in [0.2, 0.25) is 5.91 Å². The zero-order valence-electron chi connectivity index (χ0n) is 8.80. The molecular weight excluding hydrogens is 198 g/mol. The molecule has 0 bridgehead atoms. The van der Waals surface area contributed by atoms with Crippen molar-refractivity contribution in [1.82, 2.24) is 16.0 Å². The lowest BCUT2D eigenvalue weighted by Crippen LogP contribution is -2.41. The summed E-state index contributed by atoms with van der Waals surface area (Å²) >= 11 is 0. The summed E-state index contributed by atoms with van der Waals surface area (Å²) in [5.74, 6) is -0.229. The number of amides is 3. The highest BCUT2D eigenvalue weighted by molar-refractivity contribution is 5.92. The van der Waals surface area contributed by atoms with Crippen LogP contribution in [0, 0.1) is 0 Å². The number of rotatable bonds is 6. The third-order valence-electron chi connectivity index (χ3n) is 1.48. The lowest BCUT2D eigenvalue weighted by atomic mass is 10.3. The minimum Gasteiger partial charge on any atom is -0.395 e. The summed E-state index contributed by atoms with van der Waals surface area (Å²) in [4.78, 5) is 21.9. The number of carbonyl (C=O) groups is 2. The highest BCUT2D eigenvalue weighted by atomic mass is 16.3. The fraction of sp³-hybridized carbons (Fsp3) is 0.556. The molecule has 0 aromatic carbocycles. The van der Waals surface area contributed by atoms with Crippen molar-refractivity contribution < 1.29 is 14.7 Å². The van der Waals surface area contributed by atoms with Gasteiger partial charge >= 0.3 is 6.03 Å². The lowest BCUT2D eigenvalue weighted by Gasteiger charge is -2.07. The first-order valence-corrected chi connectivity index (χ1v) is 4.64. The van der Waals surface area contributed by atoms with Gasteiger partial charge in [-0.1, -0.05) is 6.58 Å². The molecule has 0 aliphatic carbocycles. The summed E-state index contributed by atoms with van der Waals surface area (Å²) in [7, 11) is 0. The Morgan fingerprint density at radius 1 is 1.13 bits per heavy atom. The quantitative estimate of drug-likeness (QED) is 0.337. The summed E-state index contributed by atoms with van der Waals surface area (Å²) in [6, 6.07) is -0.367. The van der Waals surface area contributed by atoms with Gasteiger partial charge in [0, 0.05) is 25.2 Å². The van der Waals surface area contributed by atoms with Gasteiger partial charge in [0.15, 0.2) is 0 Å². The van der Waals surface area contributed by atoms with Crippen molar-refractivity contribution in [2.24, 2.45) is 0 Å². The van der Waals surface area contributed by atoms with Gasteiger partial charge in [0.1, 0.15) is 0 Å². The maximum atomic E-state index is 11.0. The van der Waals surface area contributed by atoms with Crippen molar-refractivity contribution in [2.75, 3.05) is 26.2 Å². The number of hydrogen-bond acceptors (Lipinski definition) is 3. The molecule has 4 N–H and O–H groups in total. The molecule has 0 aliphatic rings. The molecule has 15 heavy (non-hydrogen) atoms. The molecule has 0 saturated carbocycles. The Labute approximate surface area is 88.7 Å². The topological polar surface area (TPSA) is 90.5 Å². The molecule has 0 aliphatic heterocycles. The predicted octanol–water partition coefficient (Wildman–Crippen LogP) is -1.03. The predicted molar refractivity (Wildman–Crippen MR) is 56.3 cm³/mol. The summed E-state index contributed by atoms with van der Waals surface area (Å²) in [6.07, 6.45) is 0. The van der Waals surface area contributed by atoms with Crippen molar-refractivity contribution in [3.8, 4) is 0 Å². The standard InChI is InChI=1S/C9H17N3O3/c1-7(2)8(14)10-3-4-11-9(15)12-5-6-13/h13H,1,3-6H2,2H3,(H,10,14)(H2,11,12,15). The van der Waals surface area contributed by atoms with Crippen LogP contribution in [0.3, 0.4) is 0 Å². The molecule has 0 heterocycles. The van der Waals surface area contributed by atoms with Gasteiger partial charge in [-0.05, 0) is 6.92 Å². The molecule has 6 heteroatoms. The van der Waals surface area contributed by atoms with Crippen molar-refractivity contribution >= 4 is 11.9 Å². The summed E-state index contributed by atoms with van der Waals surface area (Å²) in [5, 5.41) is 15.9. The van der Waals surface area contributed by atoms with E-state index in [2.05, 4.69) is 22.5 Å². The van der Waals surface area contributed by atoms with Crippen LogP contribution >= 0.6 is 0 Å². The van der Waals surface area contributed by atoms with Crippen LogP contribution in [0.5, 0.6) is 0 Å². The van der Waals surface area contributed by atoms with Crippen LogP contribution in [0.15, 0.2) is 12.2 Å². The summed E-state index contributed by atoms with van der Waals surface area (Å²) in [5.41, 5.74) is 0.430. The minimum atomic E-state index is -0.367. The third-order valence-corrected chi connectivity index (χ3v) is 1.48. The largest absolute Gasteiger partial charge is 0.395 e. The van der Waals surface area contributed by atoms with E-state index in [0.29, 0.717) is 18.7 Å². The molecule has 0 saturated heterocycles. The average molecular weight is 215 g/mol. The highest BCUT2D eigenvalue weighted by Gasteiger charge is 2.01. The Morgan fingerprint density at radius 3 is 2.20 bits per heavy atom. The minimum absolute atomic E-state index is 0.0974. The number of aliphatic hydroxyl groups is 1. The molecular formula is C9H17N3O3. The first-order chi connectivity index (χ1) is 7.07. The Hall–Kier alpha value is -1.56. The van der Waals surface area contributed by atoms with E-state index < -0.39 is 0 Å². The van der Waals surface area contributed by atoms with Gasteiger partial charge in [-0.2, -0.15) is 0 Å². The molecule has 0 spiro atoms. The van der Waals surface area contributed by atoms with Crippen LogP contribution in [0.1, 0.15) is 6.92 Å². The fourth-order valence-electron chi connectivity index (χ4n) is 0.735. The number of carbonyl (C=O) groups excluding carboxylic acids is 2. The van der Waals surface area contributed by atoms with E-state index in [9.17, 15) is 9.59 Å². The van der Waals surface area contributed by atoms with E-state index in [0.717, 1.165) is 0 Å². The van der Waals surface area contributed by atoms with Gasteiger partial charge in [-0.25, -0.2) is 4.79 Å². The smallest absolute Gasteiger partial charge is 0.314 e. The van der Waals surface area contributed by atoms with E-state index in [4.69, 9.17) is 5.11 Å². The SMILES string of the molecule is C=C(C)C(=O)NCCNC(=O)NCCO. The Morgan fingerprint density at radius 2 is 1.67 bits per heavy atom. The first kappa shape index (κ1) is 13.4. The van der Waals surface area contributed by atoms with Crippen LogP contribution < -0.4 is 16.0 Å². The van der Waals surface area contributed by atoms with Gasteiger partial charge in [0.05, 0.1) is 6.61 Å². The second kappa shape index (κ2) is 7.81. The zero-order chi connectivity index (χ0) is 11.7. The van der Waals surface area contributed by atoms with Crippen LogP contribution in [0.4, 0.5) is 4.79 Å². The Kier molecular flexibility index (Phi) is 7.00. The number of nitrogens with one attached hydrogen (secondary N) is 3. The molecule has 0 aromatic heterocycles. The molecule has 0 radical (unpaired) electrons. The van der Waals surface area contributed by atoms with Gasteiger partial charge in [-0.15, -0.1) is 0 Å². The van der Waals surface area contributed by atoms with E-state index in [1.54, 1.807) is 6.92 Å². The molecule has 3 amide bonds. The Bertz CT molecular complexity index is 241. The highest BCUT2D eigenvalue weighted by Crippen LogP contribution is 1.83. The van der Waals surface area contributed by atoms with E-state index in [1.807, 2.05) is 0 Å². The van der Waals surface area contributed by atoms with Gasteiger partial charge in [-0.3, -0.25) is 4.79 Å². The maximum absolute atomic E-state index is 11.0. The first-order valence-electron chi connectivity index (χ1n) is 4.64. The van der Waals surface area contributed by atoms with Gasteiger partial charge in [0.25, 0.3) is 0 Å². The van der Waals surface area contributed by atoms with Crippen LogP contribution in [-0.4, -0.2) is 43.3 Å². The molecule has 0 unspecified atom stereocenters. The molecule has 0 atom stereocenters. The van der Waals surface area contributed by atoms with Crippen molar-refractivity contribution in [2.45, 2.75) is 6.92 Å². The van der Waals surface area contributed by atoms with Crippen LogP contribution in [0.2, 0.25) is 0 Å². The molecule has 0 aromatic rings. The van der Waals surface area contributed by atoms with Crippen molar-refractivity contribution in [3.05, 3.63) is 12.2 Å². The zero-order valence-corrected chi connectivity index (χ0v) is 8.80. The average Bonchev–Trinajstić information content (AvgIpc) is 2.20. The number of urea groups is 1.